The topological polar surface area (TPSA) is 39.1 Å². The molecule has 0 bridgehead atoms. The van der Waals surface area contributed by atoms with E-state index in [2.05, 4.69) is 10.2 Å². The molecule has 1 aromatic rings. The number of benzene rings is 1. The van der Waals surface area contributed by atoms with E-state index in [1.165, 1.54) is 31.9 Å². The molecule has 3 rings (SSSR count). The number of rotatable bonds is 4. The summed E-state index contributed by atoms with van der Waals surface area (Å²) in [6, 6.07) is 8.00. The van der Waals surface area contributed by atoms with Gasteiger partial charge in [-0.15, -0.1) is 0 Å². The molecule has 19 heavy (non-hydrogen) atoms. The van der Waals surface area contributed by atoms with E-state index in [0.717, 1.165) is 18.2 Å². The van der Waals surface area contributed by atoms with Gasteiger partial charge in [0, 0.05) is 31.7 Å². The fourth-order valence-corrected chi connectivity index (χ4v) is 2.76. The lowest BCUT2D eigenvalue weighted by atomic mass is 10.1. The summed E-state index contributed by atoms with van der Waals surface area (Å²) in [5.74, 6) is -0.438. The lowest BCUT2D eigenvalue weighted by Gasteiger charge is -2.15. The normalized spacial score (nSPS) is 23.5. The Labute approximate surface area is 113 Å². The molecule has 1 atom stereocenters. The molecule has 2 fully saturated rings. The van der Waals surface area contributed by atoms with Crippen LogP contribution >= 0.6 is 0 Å². The molecule has 1 aliphatic carbocycles. The number of nitriles is 1. The van der Waals surface area contributed by atoms with E-state index in [1.807, 2.05) is 6.07 Å². The monoisotopic (exact) mass is 259 g/mol. The van der Waals surface area contributed by atoms with E-state index in [4.69, 9.17) is 5.26 Å². The molecule has 4 heteroatoms. The van der Waals surface area contributed by atoms with E-state index in [0.29, 0.717) is 12.6 Å². The van der Waals surface area contributed by atoms with Crippen LogP contribution in [-0.4, -0.2) is 30.1 Å². The molecule has 1 heterocycles. The first kappa shape index (κ1) is 12.6. The molecule has 0 radical (unpaired) electrons. The van der Waals surface area contributed by atoms with Gasteiger partial charge >= 0.3 is 0 Å². The minimum absolute atomic E-state index is 0.130. The minimum Gasteiger partial charge on any atom is -0.309 e. The summed E-state index contributed by atoms with van der Waals surface area (Å²) in [4.78, 5) is 2.56. The highest BCUT2D eigenvalue weighted by atomic mass is 19.1. The summed E-state index contributed by atoms with van der Waals surface area (Å²) < 4.78 is 13.2. The maximum atomic E-state index is 13.2. The summed E-state index contributed by atoms with van der Waals surface area (Å²) in [5.41, 5.74) is 1.10. The van der Waals surface area contributed by atoms with Crippen molar-refractivity contribution in [1.82, 2.24) is 10.2 Å². The van der Waals surface area contributed by atoms with Crippen LogP contribution in [0.4, 0.5) is 4.39 Å². The van der Waals surface area contributed by atoms with Crippen molar-refractivity contribution in [1.29, 1.82) is 5.26 Å². The lowest BCUT2D eigenvalue weighted by Crippen LogP contribution is -2.32. The van der Waals surface area contributed by atoms with Gasteiger partial charge in [-0.2, -0.15) is 5.26 Å². The Hall–Kier alpha value is -1.44. The van der Waals surface area contributed by atoms with Crippen LogP contribution in [0.2, 0.25) is 0 Å². The minimum atomic E-state index is -0.438. The fourth-order valence-electron chi connectivity index (χ4n) is 2.76. The van der Waals surface area contributed by atoms with Crippen LogP contribution in [0.25, 0.3) is 0 Å². The molecule has 100 valence electrons. The van der Waals surface area contributed by atoms with Crippen LogP contribution < -0.4 is 5.32 Å². The van der Waals surface area contributed by atoms with E-state index in [9.17, 15) is 4.39 Å². The van der Waals surface area contributed by atoms with Crippen LogP contribution in [0.3, 0.4) is 0 Å². The molecule has 0 amide bonds. The number of likely N-dealkylation sites (tertiary alicyclic amines) is 1. The largest absolute Gasteiger partial charge is 0.309 e. The highest BCUT2D eigenvalue weighted by molar-refractivity contribution is 5.34. The summed E-state index contributed by atoms with van der Waals surface area (Å²) >= 11 is 0. The fraction of sp³-hybridized carbons (Fsp3) is 0.533. The Kier molecular flexibility index (Phi) is 3.50. The van der Waals surface area contributed by atoms with Gasteiger partial charge < -0.3 is 5.32 Å². The highest BCUT2D eigenvalue weighted by Crippen LogP contribution is 2.29. The molecule has 1 aromatic carbocycles. The Balaban J connectivity index is 1.53. The van der Waals surface area contributed by atoms with Crippen molar-refractivity contribution in [2.24, 2.45) is 0 Å². The van der Waals surface area contributed by atoms with Crippen molar-refractivity contribution in [3.05, 3.63) is 35.1 Å². The number of nitrogens with zero attached hydrogens (tertiary/aromatic N) is 2. The quantitative estimate of drug-likeness (QED) is 0.899. The molecule has 1 saturated carbocycles. The van der Waals surface area contributed by atoms with Gasteiger partial charge in [0.15, 0.2) is 0 Å². The molecular formula is C15H18FN3. The van der Waals surface area contributed by atoms with Gasteiger partial charge in [0.1, 0.15) is 11.9 Å². The van der Waals surface area contributed by atoms with E-state index < -0.39 is 5.82 Å². The van der Waals surface area contributed by atoms with Crippen molar-refractivity contribution in [2.75, 3.05) is 13.1 Å². The van der Waals surface area contributed by atoms with Crippen molar-refractivity contribution < 1.29 is 4.39 Å². The summed E-state index contributed by atoms with van der Waals surface area (Å²) in [6.45, 7) is 3.02. The van der Waals surface area contributed by atoms with Gasteiger partial charge in [-0.05, 0) is 37.0 Å². The molecule has 0 spiro atoms. The van der Waals surface area contributed by atoms with E-state index in [1.54, 1.807) is 12.1 Å². The van der Waals surface area contributed by atoms with Gasteiger partial charge in [-0.1, -0.05) is 6.07 Å². The summed E-state index contributed by atoms with van der Waals surface area (Å²) in [7, 11) is 0. The predicted octanol–water partition coefficient (Wildman–Crippen LogP) is 2.02. The standard InChI is InChI=1S/C15H18FN3/c16-15-4-1-11(7-12(15)8-17)9-18-13-5-6-19(10-13)14-2-3-14/h1,4,7,13-14,18H,2-3,5-6,9-10H2. The molecule has 3 nitrogen and oxygen atoms in total. The van der Waals surface area contributed by atoms with Crippen LogP contribution in [0.1, 0.15) is 30.4 Å². The second-order valence-electron chi connectivity index (χ2n) is 5.52. The Morgan fingerprint density at radius 2 is 2.21 bits per heavy atom. The third kappa shape index (κ3) is 2.94. The zero-order valence-corrected chi connectivity index (χ0v) is 10.9. The maximum absolute atomic E-state index is 13.2. The summed E-state index contributed by atoms with van der Waals surface area (Å²) in [5, 5.41) is 12.3. The first-order valence-electron chi connectivity index (χ1n) is 6.92. The van der Waals surface area contributed by atoms with Crippen LogP contribution in [-0.2, 0) is 6.54 Å². The SMILES string of the molecule is N#Cc1cc(CNC2CCN(C3CC3)C2)ccc1F. The van der Waals surface area contributed by atoms with Crippen LogP contribution in [0.5, 0.6) is 0 Å². The zero-order valence-electron chi connectivity index (χ0n) is 10.9. The Morgan fingerprint density at radius 3 is 2.95 bits per heavy atom. The average Bonchev–Trinajstić information content (AvgIpc) is 3.17. The van der Waals surface area contributed by atoms with Crippen LogP contribution in [0.15, 0.2) is 18.2 Å². The molecular weight excluding hydrogens is 241 g/mol. The maximum Gasteiger partial charge on any atom is 0.140 e. The number of nitrogens with one attached hydrogen (secondary N) is 1. The van der Waals surface area contributed by atoms with Gasteiger partial charge in [0.25, 0.3) is 0 Å². The van der Waals surface area contributed by atoms with Gasteiger partial charge in [0.2, 0.25) is 0 Å². The zero-order chi connectivity index (χ0) is 13.2. The molecule has 1 N–H and O–H groups in total. The molecule has 1 saturated heterocycles. The van der Waals surface area contributed by atoms with Crippen molar-refractivity contribution in [3.63, 3.8) is 0 Å². The summed E-state index contributed by atoms with van der Waals surface area (Å²) in [6.07, 6.45) is 3.90. The lowest BCUT2D eigenvalue weighted by molar-refractivity contribution is 0.317. The predicted molar refractivity (Wildman–Crippen MR) is 71.0 cm³/mol. The molecule has 1 aliphatic heterocycles. The van der Waals surface area contributed by atoms with Gasteiger partial charge in [-0.25, -0.2) is 4.39 Å². The first-order valence-corrected chi connectivity index (χ1v) is 6.92. The number of hydrogen-bond acceptors (Lipinski definition) is 3. The second kappa shape index (κ2) is 5.28. The third-order valence-electron chi connectivity index (χ3n) is 4.03. The molecule has 0 aromatic heterocycles. The number of halogens is 1. The molecule has 2 aliphatic rings. The first-order chi connectivity index (χ1) is 9.26. The average molecular weight is 259 g/mol. The van der Waals surface area contributed by atoms with Crippen molar-refractivity contribution in [2.45, 2.75) is 37.9 Å². The molecule has 1 unspecified atom stereocenters. The van der Waals surface area contributed by atoms with E-state index >= 15 is 0 Å². The van der Waals surface area contributed by atoms with Crippen LogP contribution in [0, 0.1) is 17.1 Å². The van der Waals surface area contributed by atoms with Gasteiger partial charge in [-0.3, -0.25) is 4.90 Å². The Morgan fingerprint density at radius 1 is 1.37 bits per heavy atom. The third-order valence-corrected chi connectivity index (χ3v) is 4.03. The van der Waals surface area contributed by atoms with Crippen molar-refractivity contribution >= 4 is 0 Å². The number of hydrogen-bond donors (Lipinski definition) is 1. The smallest absolute Gasteiger partial charge is 0.140 e. The van der Waals surface area contributed by atoms with Crippen molar-refractivity contribution in [3.8, 4) is 6.07 Å². The Bertz CT molecular complexity index is 505. The second-order valence-corrected chi connectivity index (χ2v) is 5.52. The van der Waals surface area contributed by atoms with E-state index in [-0.39, 0.29) is 5.56 Å². The van der Waals surface area contributed by atoms with Gasteiger partial charge in [0.05, 0.1) is 5.56 Å². The highest BCUT2D eigenvalue weighted by Gasteiger charge is 2.33.